The molecule has 1 fully saturated rings. The first kappa shape index (κ1) is 15.2. The first-order chi connectivity index (χ1) is 10.7. The smallest absolute Gasteiger partial charge is 0.123 e. The normalized spacial score (nSPS) is 20.9. The fourth-order valence-corrected chi connectivity index (χ4v) is 3.17. The highest BCUT2D eigenvalue weighted by Crippen LogP contribution is 2.23. The zero-order valence-electron chi connectivity index (χ0n) is 12.6. The maximum Gasteiger partial charge on any atom is 0.123 e. The van der Waals surface area contributed by atoms with Gasteiger partial charge in [-0.2, -0.15) is 5.10 Å². The summed E-state index contributed by atoms with van der Waals surface area (Å²) in [5.41, 5.74) is 0.642. The molecule has 0 amide bonds. The minimum Gasteiger partial charge on any atom is -0.387 e. The van der Waals surface area contributed by atoms with Crippen molar-refractivity contribution in [3.63, 3.8) is 0 Å². The van der Waals surface area contributed by atoms with Crippen molar-refractivity contribution >= 4 is 0 Å². The van der Waals surface area contributed by atoms with Gasteiger partial charge in [0.05, 0.1) is 12.6 Å². The van der Waals surface area contributed by atoms with Gasteiger partial charge in [-0.3, -0.25) is 9.58 Å². The summed E-state index contributed by atoms with van der Waals surface area (Å²) in [4.78, 5) is 2.31. The third kappa shape index (κ3) is 3.72. The van der Waals surface area contributed by atoms with Crippen LogP contribution < -0.4 is 0 Å². The molecular formula is C17H22FN3O. The number of hydrogen-bond donors (Lipinski definition) is 1. The molecule has 5 heteroatoms. The highest BCUT2D eigenvalue weighted by atomic mass is 19.1. The van der Waals surface area contributed by atoms with Crippen molar-refractivity contribution in [2.24, 2.45) is 0 Å². The van der Waals surface area contributed by atoms with E-state index in [1.807, 2.05) is 16.9 Å². The number of aromatic nitrogens is 2. The zero-order chi connectivity index (χ0) is 15.4. The van der Waals surface area contributed by atoms with Crippen LogP contribution in [0.15, 0.2) is 42.7 Å². The summed E-state index contributed by atoms with van der Waals surface area (Å²) < 4.78 is 15.2. The third-order valence-corrected chi connectivity index (χ3v) is 4.35. The van der Waals surface area contributed by atoms with Gasteiger partial charge >= 0.3 is 0 Å². The molecule has 22 heavy (non-hydrogen) atoms. The standard InChI is InChI=1S/C17H22FN3O/c18-15-6-3-5-14(11-15)17(22)13-20-9-2-1-7-16(20)12-21-10-4-8-19-21/h3-6,8,10-11,16-17,22H,1-2,7,9,12-13H2. The maximum atomic E-state index is 13.3. The molecule has 2 atom stereocenters. The molecule has 0 radical (unpaired) electrons. The number of aliphatic hydroxyl groups is 1. The second-order valence-electron chi connectivity index (χ2n) is 5.94. The fraction of sp³-hybridized carbons (Fsp3) is 0.471. The quantitative estimate of drug-likeness (QED) is 0.923. The number of aliphatic hydroxyl groups excluding tert-OH is 1. The lowest BCUT2D eigenvalue weighted by Crippen LogP contribution is -2.44. The lowest BCUT2D eigenvalue weighted by molar-refractivity contribution is 0.0590. The van der Waals surface area contributed by atoms with Crippen LogP contribution in [0.1, 0.15) is 30.9 Å². The Morgan fingerprint density at radius 1 is 1.32 bits per heavy atom. The van der Waals surface area contributed by atoms with Crippen LogP contribution in [0.25, 0.3) is 0 Å². The van der Waals surface area contributed by atoms with E-state index in [0.717, 1.165) is 25.9 Å². The monoisotopic (exact) mass is 303 g/mol. The molecule has 2 unspecified atom stereocenters. The molecule has 4 nitrogen and oxygen atoms in total. The molecular weight excluding hydrogens is 281 g/mol. The van der Waals surface area contributed by atoms with Crippen LogP contribution in [0, 0.1) is 5.82 Å². The predicted octanol–water partition coefficient (Wildman–Crippen LogP) is 2.61. The molecule has 1 aliphatic heterocycles. The first-order valence-corrected chi connectivity index (χ1v) is 7.87. The molecule has 118 valence electrons. The van der Waals surface area contributed by atoms with Gasteiger partial charge < -0.3 is 5.11 Å². The van der Waals surface area contributed by atoms with Crippen molar-refractivity contribution in [1.29, 1.82) is 0 Å². The average molecular weight is 303 g/mol. The van der Waals surface area contributed by atoms with Crippen molar-refractivity contribution in [3.8, 4) is 0 Å². The van der Waals surface area contributed by atoms with Gasteiger partial charge in [-0.05, 0) is 43.1 Å². The van der Waals surface area contributed by atoms with E-state index in [9.17, 15) is 9.50 Å². The molecule has 0 saturated carbocycles. The second kappa shape index (κ2) is 7.03. The Kier molecular flexibility index (Phi) is 4.85. The summed E-state index contributed by atoms with van der Waals surface area (Å²) in [6.45, 7) is 2.34. The van der Waals surface area contributed by atoms with Gasteiger partial charge in [-0.15, -0.1) is 0 Å². The molecule has 1 N–H and O–H groups in total. The van der Waals surface area contributed by atoms with Gasteiger partial charge in [0, 0.05) is 25.0 Å². The molecule has 0 bridgehead atoms. The zero-order valence-corrected chi connectivity index (χ0v) is 12.6. The van der Waals surface area contributed by atoms with Gasteiger partial charge in [-0.25, -0.2) is 4.39 Å². The average Bonchev–Trinajstić information content (AvgIpc) is 3.02. The van der Waals surface area contributed by atoms with Crippen molar-refractivity contribution in [1.82, 2.24) is 14.7 Å². The van der Waals surface area contributed by atoms with Crippen molar-refractivity contribution in [3.05, 3.63) is 54.1 Å². The van der Waals surface area contributed by atoms with Gasteiger partial charge in [0.25, 0.3) is 0 Å². The van der Waals surface area contributed by atoms with Gasteiger partial charge in [0.1, 0.15) is 5.82 Å². The molecule has 1 aromatic heterocycles. The van der Waals surface area contributed by atoms with E-state index >= 15 is 0 Å². The summed E-state index contributed by atoms with van der Waals surface area (Å²) in [5, 5.41) is 14.7. The van der Waals surface area contributed by atoms with Crippen LogP contribution in [0.2, 0.25) is 0 Å². The molecule has 1 aliphatic rings. The van der Waals surface area contributed by atoms with Crippen molar-refractivity contribution in [2.45, 2.75) is 38.0 Å². The van der Waals surface area contributed by atoms with Gasteiger partial charge in [-0.1, -0.05) is 18.6 Å². The molecule has 1 aromatic carbocycles. The van der Waals surface area contributed by atoms with Crippen LogP contribution in [-0.2, 0) is 6.54 Å². The lowest BCUT2D eigenvalue weighted by Gasteiger charge is -2.36. The highest BCUT2D eigenvalue weighted by molar-refractivity contribution is 5.19. The Balaban J connectivity index is 1.65. The molecule has 2 heterocycles. The Morgan fingerprint density at radius 3 is 3.00 bits per heavy atom. The minimum absolute atomic E-state index is 0.303. The highest BCUT2D eigenvalue weighted by Gasteiger charge is 2.25. The number of β-amino-alcohol motifs (C(OH)–C–C–N with tert-alkyl or cyclic N) is 1. The Labute approximate surface area is 130 Å². The SMILES string of the molecule is OC(CN1CCCCC1Cn1cccn1)c1cccc(F)c1. The first-order valence-electron chi connectivity index (χ1n) is 7.87. The van der Waals surface area contributed by atoms with Crippen molar-refractivity contribution in [2.75, 3.05) is 13.1 Å². The molecule has 3 rings (SSSR count). The van der Waals surface area contributed by atoms with E-state index in [1.165, 1.54) is 18.6 Å². The number of nitrogens with zero attached hydrogens (tertiary/aromatic N) is 3. The van der Waals surface area contributed by atoms with E-state index in [1.54, 1.807) is 18.3 Å². The van der Waals surface area contributed by atoms with E-state index in [-0.39, 0.29) is 5.82 Å². The number of halogens is 1. The number of piperidine rings is 1. The largest absolute Gasteiger partial charge is 0.387 e. The van der Waals surface area contributed by atoms with Crippen LogP contribution >= 0.6 is 0 Å². The predicted molar refractivity (Wildman–Crippen MR) is 82.8 cm³/mol. The molecule has 0 aliphatic carbocycles. The summed E-state index contributed by atoms with van der Waals surface area (Å²) in [7, 11) is 0. The molecule has 1 saturated heterocycles. The summed E-state index contributed by atoms with van der Waals surface area (Å²) in [6, 6.07) is 8.53. The third-order valence-electron chi connectivity index (χ3n) is 4.35. The van der Waals surface area contributed by atoms with E-state index in [2.05, 4.69) is 10.00 Å². The second-order valence-corrected chi connectivity index (χ2v) is 5.94. The molecule has 2 aromatic rings. The fourth-order valence-electron chi connectivity index (χ4n) is 3.17. The summed E-state index contributed by atoms with van der Waals surface area (Å²) in [5.74, 6) is -0.303. The molecule has 0 spiro atoms. The van der Waals surface area contributed by atoms with E-state index < -0.39 is 6.10 Å². The number of likely N-dealkylation sites (tertiary alicyclic amines) is 1. The van der Waals surface area contributed by atoms with Crippen LogP contribution in [-0.4, -0.2) is 38.9 Å². The summed E-state index contributed by atoms with van der Waals surface area (Å²) >= 11 is 0. The number of hydrogen-bond acceptors (Lipinski definition) is 3. The number of benzene rings is 1. The topological polar surface area (TPSA) is 41.3 Å². The maximum absolute atomic E-state index is 13.3. The summed E-state index contributed by atoms with van der Waals surface area (Å²) in [6.07, 6.45) is 6.55. The number of rotatable bonds is 5. The minimum atomic E-state index is -0.658. The Morgan fingerprint density at radius 2 is 2.23 bits per heavy atom. The van der Waals surface area contributed by atoms with Crippen molar-refractivity contribution < 1.29 is 9.50 Å². The van der Waals surface area contributed by atoms with Gasteiger partial charge in [0.2, 0.25) is 0 Å². The Bertz CT molecular complexity index is 587. The van der Waals surface area contributed by atoms with Crippen LogP contribution in [0.4, 0.5) is 4.39 Å². The Hall–Kier alpha value is -1.72. The van der Waals surface area contributed by atoms with E-state index in [0.29, 0.717) is 18.2 Å². The lowest BCUT2D eigenvalue weighted by atomic mass is 10.00. The van der Waals surface area contributed by atoms with Crippen LogP contribution in [0.5, 0.6) is 0 Å². The van der Waals surface area contributed by atoms with E-state index in [4.69, 9.17) is 0 Å². The van der Waals surface area contributed by atoms with Gasteiger partial charge in [0.15, 0.2) is 0 Å². The van der Waals surface area contributed by atoms with Crippen LogP contribution in [0.3, 0.4) is 0 Å².